The molecule has 0 saturated carbocycles. The zero-order chi connectivity index (χ0) is 18.7. The summed E-state index contributed by atoms with van der Waals surface area (Å²) in [5.74, 6) is -2.33. The minimum Gasteiger partial charge on any atom is -0.502 e. The van der Waals surface area contributed by atoms with E-state index in [4.69, 9.17) is 4.42 Å². The van der Waals surface area contributed by atoms with Crippen LogP contribution in [0.3, 0.4) is 0 Å². The van der Waals surface area contributed by atoms with Crippen LogP contribution >= 0.6 is 0 Å². The zero-order valence-electron chi connectivity index (χ0n) is 14.0. The van der Waals surface area contributed by atoms with Crippen molar-refractivity contribution < 1.29 is 33.7 Å². The van der Waals surface area contributed by atoms with Crippen molar-refractivity contribution in [3.8, 4) is 5.75 Å². The lowest BCUT2D eigenvalue weighted by Gasteiger charge is -2.11. The van der Waals surface area contributed by atoms with E-state index in [9.17, 15) is 24.6 Å². The van der Waals surface area contributed by atoms with Crippen molar-refractivity contribution in [2.24, 2.45) is 0 Å². The molecule has 8 nitrogen and oxygen atoms in total. The van der Waals surface area contributed by atoms with Crippen molar-refractivity contribution in [2.75, 3.05) is 14.2 Å². The SMILES string of the molecule is COC(=O)c1cc(C)cc2oc(CCC(O)C(=O)OC)c(O)c(=O)c12. The second kappa shape index (κ2) is 7.35. The molecule has 1 unspecified atom stereocenters. The Morgan fingerprint density at radius 3 is 2.52 bits per heavy atom. The Morgan fingerprint density at radius 1 is 1.24 bits per heavy atom. The van der Waals surface area contributed by atoms with Crippen LogP contribution in [0.1, 0.15) is 28.1 Å². The smallest absolute Gasteiger partial charge is 0.338 e. The highest BCUT2D eigenvalue weighted by Crippen LogP contribution is 2.26. The van der Waals surface area contributed by atoms with Gasteiger partial charge in [-0.2, -0.15) is 0 Å². The van der Waals surface area contributed by atoms with E-state index in [0.29, 0.717) is 5.56 Å². The van der Waals surface area contributed by atoms with Crippen molar-refractivity contribution >= 4 is 22.9 Å². The third-order valence-electron chi connectivity index (χ3n) is 3.71. The number of esters is 2. The number of carbonyl (C=O) groups excluding carboxylic acids is 2. The third kappa shape index (κ3) is 3.63. The molecule has 0 radical (unpaired) electrons. The number of hydrogen-bond acceptors (Lipinski definition) is 8. The molecule has 0 aliphatic rings. The van der Waals surface area contributed by atoms with Gasteiger partial charge in [0, 0.05) is 6.42 Å². The van der Waals surface area contributed by atoms with E-state index < -0.39 is 29.2 Å². The molecule has 2 rings (SSSR count). The molecule has 134 valence electrons. The molecular weight excluding hydrogens is 332 g/mol. The van der Waals surface area contributed by atoms with Gasteiger partial charge in [-0.3, -0.25) is 4.79 Å². The van der Waals surface area contributed by atoms with Crippen LogP contribution < -0.4 is 5.43 Å². The first-order chi connectivity index (χ1) is 11.8. The van der Waals surface area contributed by atoms with E-state index in [2.05, 4.69) is 9.47 Å². The molecule has 2 aromatic rings. The molecule has 0 fully saturated rings. The van der Waals surface area contributed by atoms with Crippen molar-refractivity contribution in [1.82, 2.24) is 0 Å². The minimum absolute atomic E-state index is 0.0114. The number of carbonyl (C=O) groups is 2. The van der Waals surface area contributed by atoms with Crippen LogP contribution in [0.2, 0.25) is 0 Å². The summed E-state index contributed by atoms with van der Waals surface area (Å²) in [6.07, 6.45) is -1.59. The van der Waals surface area contributed by atoms with E-state index in [0.717, 1.165) is 7.11 Å². The molecular formula is C17H18O8. The summed E-state index contributed by atoms with van der Waals surface area (Å²) < 4.78 is 14.6. The average Bonchev–Trinajstić information content (AvgIpc) is 2.60. The van der Waals surface area contributed by atoms with Gasteiger partial charge in [0.15, 0.2) is 6.10 Å². The number of fused-ring (bicyclic) bond motifs is 1. The van der Waals surface area contributed by atoms with Gasteiger partial charge in [-0.15, -0.1) is 0 Å². The van der Waals surface area contributed by atoms with Crippen LogP contribution in [0, 0.1) is 6.92 Å². The van der Waals surface area contributed by atoms with Gasteiger partial charge in [0.25, 0.3) is 0 Å². The van der Waals surface area contributed by atoms with E-state index in [1.165, 1.54) is 13.2 Å². The maximum Gasteiger partial charge on any atom is 0.338 e. The first-order valence-corrected chi connectivity index (χ1v) is 7.43. The molecule has 0 amide bonds. The molecule has 1 heterocycles. The summed E-state index contributed by atoms with van der Waals surface area (Å²) in [4.78, 5) is 35.6. The van der Waals surface area contributed by atoms with Crippen LogP contribution in [0.25, 0.3) is 11.0 Å². The van der Waals surface area contributed by atoms with Gasteiger partial charge < -0.3 is 24.1 Å². The normalized spacial score (nSPS) is 12.0. The maximum atomic E-state index is 12.5. The van der Waals surface area contributed by atoms with Crippen molar-refractivity contribution in [1.29, 1.82) is 0 Å². The first kappa shape index (κ1) is 18.5. The highest BCUT2D eigenvalue weighted by Gasteiger charge is 2.22. The predicted molar refractivity (Wildman–Crippen MR) is 86.6 cm³/mol. The number of aliphatic hydroxyl groups is 1. The first-order valence-electron chi connectivity index (χ1n) is 7.43. The van der Waals surface area contributed by atoms with Crippen LogP contribution in [0.15, 0.2) is 21.3 Å². The molecule has 0 saturated heterocycles. The molecule has 1 aromatic heterocycles. The highest BCUT2D eigenvalue weighted by molar-refractivity contribution is 6.03. The van der Waals surface area contributed by atoms with Gasteiger partial charge in [0.05, 0.1) is 25.2 Å². The molecule has 1 aromatic carbocycles. The number of ether oxygens (including phenoxy) is 2. The van der Waals surface area contributed by atoms with Crippen molar-refractivity contribution in [3.05, 3.63) is 39.2 Å². The van der Waals surface area contributed by atoms with E-state index in [1.807, 2.05) is 0 Å². The fourth-order valence-corrected chi connectivity index (χ4v) is 2.46. The van der Waals surface area contributed by atoms with Crippen LogP contribution in [-0.4, -0.2) is 42.5 Å². The van der Waals surface area contributed by atoms with Gasteiger partial charge in [0.2, 0.25) is 11.2 Å². The summed E-state index contributed by atoms with van der Waals surface area (Å²) in [7, 11) is 2.32. The second-order valence-corrected chi connectivity index (χ2v) is 5.46. The van der Waals surface area contributed by atoms with Crippen LogP contribution in [0.5, 0.6) is 5.75 Å². The lowest BCUT2D eigenvalue weighted by Crippen LogP contribution is -2.22. The molecule has 0 bridgehead atoms. The standard InChI is InChI=1S/C17H18O8/c1-8-6-9(16(21)23-2)13-12(7-8)25-11(14(19)15(13)20)5-4-10(18)17(22)24-3/h6-7,10,18-19H,4-5H2,1-3H3. The predicted octanol–water partition coefficient (Wildman–Crippen LogP) is 1.06. The quantitative estimate of drug-likeness (QED) is 0.767. The summed E-state index contributed by atoms with van der Waals surface area (Å²) in [5.41, 5.74) is -0.0417. The van der Waals surface area contributed by atoms with Gasteiger partial charge in [0.1, 0.15) is 11.3 Å². The van der Waals surface area contributed by atoms with Gasteiger partial charge in [-0.25, -0.2) is 9.59 Å². The largest absolute Gasteiger partial charge is 0.502 e. The molecule has 2 N–H and O–H groups in total. The lowest BCUT2D eigenvalue weighted by molar-refractivity contribution is -0.150. The fraction of sp³-hybridized carbons (Fsp3) is 0.353. The van der Waals surface area contributed by atoms with E-state index >= 15 is 0 Å². The summed E-state index contributed by atoms with van der Waals surface area (Å²) in [6, 6.07) is 3.01. The number of aryl methyl sites for hydroxylation is 2. The summed E-state index contributed by atoms with van der Waals surface area (Å²) in [5, 5.41) is 19.6. The second-order valence-electron chi connectivity index (χ2n) is 5.46. The maximum absolute atomic E-state index is 12.5. The van der Waals surface area contributed by atoms with E-state index in [1.54, 1.807) is 13.0 Å². The van der Waals surface area contributed by atoms with Gasteiger partial charge >= 0.3 is 11.9 Å². The zero-order valence-corrected chi connectivity index (χ0v) is 14.0. The Labute approximate surface area is 142 Å². The number of methoxy groups -OCH3 is 2. The third-order valence-corrected chi connectivity index (χ3v) is 3.71. The number of rotatable bonds is 5. The lowest BCUT2D eigenvalue weighted by atomic mass is 10.0. The molecule has 0 aliphatic heterocycles. The Balaban J connectivity index is 2.52. The molecule has 1 atom stereocenters. The Kier molecular flexibility index (Phi) is 5.43. The average molecular weight is 350 g/mol. The van der Waals surface area contributed by atoms with Gasteiger partial charge in [-0.1, -0.05) is 0 Å². The number of aromatic hydroxyl groups is 1. The van der Waals surface area contributed by atoms with Gasteiger partial charge in [-0.05, 0) is 31.0 Å². The monoisotopic (exact) mass is 350 g/mol. The van der Waals surface area contributed by atoms with E-state index in [-0.39, 0.29) is 35.1 Å². The molecule has 0 spiro atoms. The van der Waals surface area contributed by atoms with Crippen molar-refractivity contribution in [2.45, 2.75) is 25.9 Å². The van der Waals surface area contributed by atoms with Crippen LogP contribution in [0.4, 0.5) is 0 Å². The Bertz CT molecular complexity index is 880. The fourth-order valence-electron chi connectivity index (χ4n) is 2.46. The number of hydrogen-bond donors (Lipinski definition) is 2. The molecule has 25 heavy (non-hydrogen) atoms. The number of aliphatic hydroxyl groups excluding tert-OH is 1. The summed E-state index contributed by atoms with van der Waals surface area (Å²) in [6.45, 7) is 1.71. The molecule has 8 heteroatoms. The molecule has 0 aliphatic carbocycles. The number of benzene rings is 1. The van der Waals surface area contributed by atoms with Crippen molar-refractivity contribution in [3.63, 3.8) is 0 Å². The van der Waals surface area contributed by atoms with Crippen LogP contribution in [-0.2, 0) is 20.7 Å². The highest BCUT2D eigenvalue weighted by atomic mass is 16.5. The minimum atomic E-state index is -1.41. The topological polar surface area (TPSA) is 123 Å². The Morgan fingerprint density at radius 2 is 1.92 bits per heavy atom. The Hall–Kier alpha value is -2.87. The summed E-state index contributed by atoms with van der Waals surface area (Å²) >= 11 is 0.